The van der Waals surface area contributed by atoms with Crippen LogP contribution in [0.5, 0.6) is 0 Å². The van der Waals surface area contributed by atoms with Gasteiger partial charge in [-0.25, -0.2) is 4.98 Å². The lowest BCUT2D eigenvalue weighted by molar-refractivity contribution is -0.124. The lowest BCUT2D eigenvalue weighted by atomic mass is 9.97. The van der Waals surface area contributed by atoms with Gasteiger partial charge in [-0.05, 0) is 25.0 Å². The van der Waals surface area contributed by atoms with Crippen molar-refractivity contribution in [3.05, 3.63) is 45.8 Å². The van der Waals surface area contributed by atoms with Crippen molar-refractivity contribution in [1.29, 1.82) is 0 Å². The fourth-order valence-electron chi connectivity index (χ4n) is 2.74. The Balaban J connectivity index is 1.62. The van der Waals surface area contributed by atoms with Gasteiger partial charge in [-0.3, -0.25) is 20.6 Å². The summed E-state index contributed by atoms with van der Waals surface area (Å²) < 4.78 is 0. The molecule has 1 aliphatic heterocycles. The van der Waals surface area contributed by atoms with Gasteiger partial charge in [0, 0.05) is 30.5 Å². The Labute approximate surface area is 160 Å². The molecule has 1 fully saturated rings. The summed E-state index contributed by atoms with van der Waals surface area (Å²) in [5, 5.41) is 1.10. The number of carbonyl (C=O) groups excluding carboxylic acids is 1. The fraction of sp³-hybridized carbons (Fsp3) is 0.312. The van der Waals surface area contributed by atoms with Crippen molar-refractivity contribution < 1.29 is 4.79 Å². The van der Waals surface area contributed by atoms with E-state index in [1.807, 2.05) is 0 Å². The van der Waals surface area contributed by atoms with Crippen LogP contribution in [0.1, 0.15) is 12.8 Å². The number of carbonyl (C=O) groups is 1. The normalized spacial score (nSPS) is 17.2. The van der Waals surface area contributed by atoms with E-state index >= 15 is 0 Å². The smallest absolute Gasteiger partial charge is 0.243 e. The molecule has 1 amide bonds. The van der Waals surface area contributed by atoms with E-state index in [4.69, 9.17) is 34.8 Å². The minimum absolute atomic E-state index is 0.129. The lowest BCUT2D eigenvalue weighted by Crippen LogP contribution is -2.45. The number of hydrogen-bond acceptors (Lipinski definition) is 5. The number of hydrazine groups is 1. The van der Waals surface area contributed by atoms with Gasteiger partial charge in [-0.2, -0.15) is 0 Å². The van der Waals surface area contributed by atoms with E-state index in [0.717, 1.165) is 25.2 Å². The topological polar surface area (TPSA) is 70.2 Å². The van der Waals surface area contributed by atoms with E-state index < -0.39 is 0 Å². The second kappa shape index (κ2) is 8.08. The maximum atomic E-state index is 12.5. The van der Waals surface area contributed by atoms with Gasteiger partial charge in [0.2, 0.25) is 5.91 Å². The largest absolute Gasteiger partial charge is 0.355 e. The molecule has 9 heteroatoms. The molecule has 1 aromatic heterocycles. The van der Waals surface area contributed by atoms with E-state index in [1.54, 1.807) is 30.7 Å². The Morgan fingerprint density at radius 2 is 1.96 bits per heavy atom. The second-order valence-electron chi connectivity index (χ2n) is 5.71. The molecule has 6 nitrogen and oxygen atoms in total. The zero-order valence-corrected chi connectivity index (χ0v) is 15.4. The minimum atomic E-state index is -0.173. The molecule has 0 radical (unpaired) electrons. The van der Waals surface area contributed by atoms with Crippen LogP contribution < -0.4 is 15.8 Å². The number of piperidine rings is 1. The highest BCUT2D eigenvalue weighted by Crippen LogP contribution is 2.33. The Kier molecular flexibility index (Phi) is 5.83. The van der Waals surface area contributed by atoms with Crippen molar-refractivity contribution in [1.82, 2.24) is 15.4 Å². The molecule has 25 heavy (non-hydrogen) atoms. The van der Waals surface area contributed by atoms with Crippen molar-refractivity contribution in [3.63, 3.8) is 0 Å². The van der Waals surface area contributed by atoms with Gasteiger partial charge in [0.15, 0.2) is 0 Å². The van der Waals surface area contributed by atoms with E-state index in [9.17, 15) is 4.79 Å². The highest BCUT2D eigenvalue weighted by atomic mass is 35.5. The van der Waals surface area contributed by atoms with Crippen molar-refractivity contribution in [3.8, 4) is 0 Å². The van der Waals surface area contributed by atoms with Gasteiger partial charge in [-0.15, -0.1) is 0 Å². The molecule has 2 aromatic rings. The van der Waals surface area contributed by atoms with E-state index in [0.29, 0.717) is 27.3 Å². The predicted octanol–water partition coefficient (Wildman–Crippen LogP) is 3.80. The molecule has 0 aliphatic carbocycles. The van der Waals surface area contributed by atoms with Crippen LogP contribution in [0.25, 0.3) is 0 Å². The zero-order valence-electron chi connectivity index (χ0n) is 13.2. The number of rotatable bonds is 4. The number of benzene rings is 1. The first-order valence-corrected chi connectivity index (χ1v) is 8.89. The Hall–Kier alpha value is -1.76. The van der Waals surface area contributed by atoms with E-state index in [-0.39, 0.29) is 11.8 Å². The summed E-state index contributed by atoms with van der Waals surface area (Å²) in [6.07, 6.45) is 6.67. The number of halogens is 3. The fourth-order valence-corrected chi connectivity index (χ4v) is 3.65. The van der Waals surface area contributed by atoms with Crippen LogP contribution in [0.3, 0.4) is 0 Å². The van der Waals surface area contributed by atoms with Gasteiger partial charge in [0.25, 0.3) is 0 Å². The molecule has 0 bridgehead atoms. The molecular formula is C16H16Cl3N5O. The summed E-state index contributed by atoms with van der Waals surface area (Å²) in [6, 6.07) is 3.11. The third-order valence-electron chi connectivity index (χ3n) is 3.98. The zero-order chi connectivity index (χ0) is 17.8. The van der Waals surface area contributed by atoms with Gasteiger partial charge in [0.1, 0.15) is 5.82 Å². The molecule has 3 rings (SSSR count). The number of anilines is 2. The average Bonchev–Trinajstić information content (AvgIpc) is 2.61. The van der Waals surface area contributed by atoms with Crippen molar-refractivity contribution >= 4 is 52.2 Å². The Morgan fingerprint density at radius 3 is 2.64 bits per heavy atom. The maximum absolute atomic E-state index is 12.5. The quantitative estimate of drug-likeness (QED) is 0.764. The van der Waals surface area contributed by atoms with Crippen LogP contribution >= 0.6 is 34.8 Å². The summed E-state index contributed by atoms with van der Waals surface area (Å²) in [7, 11) is 0. The number of nitrogens with zero attached hydrogens (tertiary/aromatic N) is 3. The summed E-state index contributed by atoms with van der Waals surface area (Å²) in [4.78, 5) is 22.9. The molecule has 1 aromatic carbocycles. The Bertz CT molecular complexity index is 736. The van der Waals surface area contributed by atoms with Crippen LogP contribution in [0, 0.1) is 5.92 Å². The van der Waals surface area contributed by atoms with E-state index in [1.165, 1.54) is 0 Å². The third-order valence-corrected chi connectivity index (χ3v) is 4.80. The van der Waals surface area contributed by atoms with Gasteiger partial charge in [0.05, 0.1) is 27.8 Å². The first-order chi connectivity index (χ1) is 12.0. The SMILES string of the molecule is O=C(NNc1c(Cl)cc(Cl)cc1Cl)[C@H]1CCCN(c2cnccn2)C1. The standard InChI is InChI=1S/C16H16Cl3N5O/c17-11-6-12(18)15(13(19)7-11)22-23-16(25)10-2-1-5-24(9-10)14-8-20-3-4-21-14/h3-4,6-8,10,22H,1-2,5,9H2,(H,23,25)/t10-/m0/s1. The first-order valence-electron chi connectivity index (χ1n) is 7.76. The molecule has 132 valence electrons. The number of amides is 1. The second-order valence-corrected chi connectivity index (χ2v) is 6.96. The van der Waals surface area contributed by atoms with Crippen LogP contribution in [-0.2, 0) is 4.79 Å². The molecule has 0 unspecified atom stereocenters. The van der Waals surface area contributed by atoms with Crippen LogP contribution in [0.15, 0.2) is 30.7 Å². The van der Waals surface area contributed by atoms with E-state index in [2.05, 4.69) is 25.7 Å². The monoisotopic (exact) mass is 399 g/mol. The molecule has 0 saturated carbocycles. The predicted molar refractivity (Wildman–Crippen MR) is 100 cm³/mol. The van der Waals surface area contributed by atoms with Crippen molar-refractivity contribution in [2.45, 2.75) is 12.8 Å². The molecule has 1 aliphatic rings. The summed E-state index contributed by atoms with van der Waals surface area (Å²) in [6.45, 7) is 1.43. The molecule has 2 N–H and O–H groups in total. The summed E-state index contributed by atoms with van der Waals surface area (Å²) >= 11 is 18.1. The van der Waals surface area contributed by atoms with Gasteiger partial charge >= 0.3 is 0 Å². The van der Waals surface area contributed by atoms with Crippen molar-refractivity contribution in [2.75, 3.05) is 23.4 Å². The number of nitrogens with one attached hydrogen (secondary N) is 2. The van der Waals surface area contributed by atoms with Crippen LogP contribution in [0.2, 0.25) is 15.1 Å². The maximum Gasteiger partial charge on any atom is 0.243 e. The third kappa shape index (κ3) is 4.45. The highest BCUT2D eigenvalue weighted by molar-refractivity contribution is 6.41. The van der Waals surface area contributed by atoms with Crippen molar-refractivity contribution in [2.24, 2.45) is 5.92 Å². The number of aromatic nitrogens is 2. The first kappa shape index (κ1) is 18.0. The molecule has 0 spiro atoms. The average molecular weight is 401 g/mol. The lowest BCUT2D eigenvalue weighted by Gasteiger charge is -2.32. The Morgan fingerprint density at radius 1 is 1.20 bits per heavy atom. The molecule has 1 saturated heterocycles. The minimum Gasteiger partial charge on any atom is -0.355 e. The van der Waals surface area contributed by atoms with Gasteiger partial charge < -0.3 is 4.90 Å². The van der Waals surface area contributed by atoms with Crippen LogP contribution in [-0.4, -0.2) is 29.0 Å². The summed E-state index contributed by atoms with van der Waals surface area (Å²) in [5.41, 5.74) is 5.89. The van der Waals surface area contributed by atoms with Crippen LogP contribution in [0.4, 0.5) is 11.5 Å². The molecular weight excluding hydrogens is 385 g/mol. The molecule has 1 atom stereocenters. The van der Waals surface area contributed by atoms with Gasteiger partial charge in [-0.1, -0.05) is 34.8 Å². The molecule has 2 heterocycles. The highest BCUT2D eigenvalue weighted by Gasteiger charge is 2.26. The number of hydrogen-bond donors (Lipinski definition) is 2. The summed E-state index contributed by atoms with van der Waals surface area (Å²) in [5.74, 6) is 0.473.